The van der Waals surface area contributed by atoms with Crippen LogP contribution in [0.2, 0.25) is 0 Å². The second-order valence-electron chi connectivity index (χ2n) is 8.20. The fourth-order valence-corrected chi connectivity index (χ4v) is 4.73. The van der Waals surface area contributed by atoms with Crippen molar-refractivity contribution < 1.29 is 14.4 Å². The number of hydrogen-bond acceptors (Lipinski definition) is 4. The molecule has 1 aromatic rings. The maximum Gasteiger partial charge on any atom is 0.325 e. The van der Waals surface area contributed by atoms with Gasteiger partial charge in [0.25, 0.3) is 5.91 Å². The van der Waals surface area contributed by atoms with E-state index in [0.717, 1.165) is 31.5 Å². The van der Waals surface area contributed by atoms with E-state index in [1.807, 2.05) is 35.2 Å². The number of nitrogens with one attached hydrogen (secondary N) is 1. The van der Waals surface area contributed by atoms with E-state index in [1.54, 1.807) is 0 Å². The number of carbonyl (C=O) groups is 3. The lowest BCUT2D eigenvalue weighted by molar-refractivity contribution is -0.137. The van der Waals surface area contributed by atoms with Gasteiger partial charge in [-0.25, -0.2) is 4.79 Å². The minimum absolute atomic E-state index is 0.00303. The number of hydrogen-bond donors (Lipinski definition) is 1. The summed E-state index contributed by atoms with van der Waals surface area (Å²) in [6, 6.07) is 9.69. The fourth-order valence-electron chi connectivity index (χ4n) is 4.73. The third-order valence-electron chi connectivity index (χ3n) is 6.34. The summed E-state index contributed by atoms with van der Waals surface area (Å²) in [7, 11) is 2.06. The summed E-state index contributed by atoms with van der Waals surface area (Å²) in [6.07, 6.45) is 3.49. The predicted octanol–water partition coefficient (Wildman–Crippen LogP) is 1.76. The van der Waals surface area contributed by atoms with Crippen LogP contribution in [0.5, 0.6) is 0 Å². The molecule has 1 spiro atoms. The van der Waals surface area contributed by atoms with Gasteiger partial charge in [-0.3, -0.25) is 14.5 Å². The Bertz CT molecular complexity index is 760. The van der Waals surface area contributed by atoms with Gasteiger partial charge in [0, 0.05) is 32.6 Å². The third kappa shape index (κ3) is 3.39. The number of amides is 4. The zero-order valence-electron chi connectivity index (χ0n) is 16.4. The molecular weight excluding hydrogens is 356 g/mol. The first kappa shape index (κ1) is 18.9. The minimum Gasteiger partial charge on any atom is -0.333 e. The average Bonchev–Trinajstić information content (AvgIpc) is 3.26. The lowest BCUT2D eigenvalue weighted by Gasteiger charge is -2.40. The summed E-state index contributed by atoms with van der Waals surface area (Å²) in [5.41, 5.74) is 0.405. The predicted molar refractivity (Wildman–Crippen MR) is 104 cm³/mol. The van der Waals surface area contributed by atoms with E-state index < -0.39 is 5.54 Å². The van der Waals surface area contributed by atoms with Crippen molar-refractivity contribution in [2.45, 2.75) is 43.7 Å². The highest BCUT2D eigenvalue weighted by Crippen LogP contribution is 2.35. The minimum atomic E-state index is -0.708. The van der Waals surface area contributed by atoms with Crippen molar-refractivity contribution in [3.63, 3.8) is 0 Å². The van der Waals surface area contributed by atoms with E-state index in [0.29, 0.717) is 19.4 Å². The summed E-state index contributed by atoms with van der Waals surface area (Å²) in [5.74, 6) is -0.157. The van der Waals surface area contributed by atoms with E-state index in [1.165, 1.54) is 4.90 Å². The Hall–Kier alpha value is -2.41. The van der Waals surface area contributed by atoms with Crippen molar-refractivity contribution in [1.82, 2.24) is 20.0 Å². The Morgan fingerprint density at radius 3 is 2.57 bits per heavy atom. The first-order valence-electron chi connectivity index (χ1n) is 10.2. The maximum atomic E-state index is 13.0. The Morgan fingerprint density at radius 2 is 1.86 bits per heavy atom. The average molecular weight is 384 g/mol. The first-order chi connectivity index (χ1) is 13.5. The molecule has 1 N–H and O–H groups in total. The van der Waals surface area contributed by atoms with E-state index in [4.69, 9.17) is 0 Å². The molecule has 28 heavy (non-hydrogen) atoms. The molecule has 4 rings (SSSR count). The molecule has 0 aromatic heterocycles. The van der Waals surface area contributed by atoms with Crippen molar-refractivity contribution in [3.05, 3.63) is 35.9 Å². The molecule has 1 saturated carbocycles. The van der Waals surface area contributed by atoms with Crippen molar-refractivity contribution in [2.24, 2.45) is 0 Å². The van der Waals surface area contributed by atoms with Crippen molar-refractivity contribution in [3.8, 4) is 0 Å². The molecule has 3 fully saturated rings. The lowest BCUT2D eigenvalue weighted by atomic mass is 9.98. The normalized spacial score (nSPS) is 24.8. The van der Waals surface area contributed by atoms with Crippen LogP contribution in [0.4, 0.5) is 4.79 Å². The number of likely N-dealkylation sites (N-methyl/N-ethyl adjacent to an activating group) is 1. The monoisotopic (exact) mass is 384 g/mol. The Morgan fingerprint density at radius 1 is 1.14 bits per heavy atom. The molecule has 1 aliphatic carbocycles. The third-order valence-corrected chi connectivity index (χ3v) is 6.34. The van der Waals surface area contributed by atoms with E-state index >= 15 is 0 Å². The van der Waals surface area contributed by atoms with Crippen LogP contribution in [0.3, 0.4) is 0 Å². The van der Waals surface area contributed by atoms with Gasteiger partial charge in [0.05, 0.1) is 6.04 Å². The van der Waals surface area contributed by atoms with Gasteiger partial charge >= 0.3 is 6.03 Å². The van der Waals surface area contributed by atoms with Gasteiger partial charge in [0.15, 0.2) is 0 Å². The van der Waals surface area contributed by atoms with Crippen molar-refractivity contribution >= 4 is 17.8 Å². The van der Waals surface area contributed by atoms with E-state index in [9.17, 15) is 14.4 Å². The topological polar surface area (TPSA) is 73.0 Å². The van der Waals surface area contributed by atoms with Crippen LogP contribution in [-0.2, 0) is 9.59 Å². The molecule has 1 atom stereocenters. The Labute approximate surface area is 165 Å². The number of piperazine rings is 1. The van der Waals surface area contributed by atoms with Crippen LogP contribution in [0.15, 0.2) is 30.3 Å². The largest absolute Gasteiger partial charge is 0.333 e. The van der Waals surface area contributed by atoms with Gasteiger partial charge in [-0.05, 0) is 25.5 Å². The second-order valence-corrected chi connectivity index (χ2v) is 8.20. The highest BCUT2D eigenvalue weighted by Gasteiger charge is 2.52. The van der Waals surface area contributed by atoms with E-state index in [2.05, 4.69) is 17.3 Å². The number of urea groups is 1. The molecule has 0 bridgehead atoms. The second kappa shape index (κ2) is 7.54. The van der Waals surface area contributed by atoms with Gasteiger partial charge in [0.1, 0.15) is 5.54 Å². The highest BCUT2D eigenvalue weighted by atomic mass is 16.2. The maximum absolute atomic E-state index is 13.0. The first-order valence-corrected chi connectivity index (χ1v) is 10.2. The Kier molecular flexibility index (Phi) is 5.10. The molecule has 4 amide bonds. The van der Waals surface area contributed by atoms with Crippen molar-refractivity contribution in [2.75, 3.05) is 33.2 Å². The molecule has 7 nitrogen and oxygen atoms in total. The summed E-state index contributed by atoms with van der Waals surface area (Å²) in [4.78, 5) is 43.5. The molecule has 1 aromatic carbocycles. The standard InChI is InChI=1S/C21H28N4O3/c1-23-13-14-24(17(15-23)16-7-3-2-4-8-16)18(26)9-12-25-19(27)21(22-20(25)28)10-5-6-11-21/h2-4,7-8,17H,5-6,9-15H2,1H3,(H,22,28). The van der Waals surface area contributed by atoms with Crippen LogP contribution >= 0.6 is 0 Å². The van der Waals surface area contributed by atoms with Crippen molar-refractivity contribution in [1.29, 1.82) is 0 Å². The Balaban J connectivity index is 1.42. The molecule has 1 unspecified atom stereocenters. The zero-order valence-corrected chi connectivity index (χ0v) is 16.4. The number of benzene rings is 1. The number of carbonyl (C=O) groups excluding carboxylic acids is 3. The van der Waals surface area contributed by atoms with Gasteiger partial charge in [0.2, 0.25) is 5.91 Å². The summed E-state index contributed by atoms with van der Waals surface area (Å²) in [6.45, 7) is 2.40. The van der Waals surface area contributed by atoms with Gasteiger partial charge < -0.3 is 15.1 Å². The van der Waals surface area contributed by atoms with Gasteiger partial charge in [-0.2, -0.15) is 0 Å². The summed E-state index contributed by atoms with van der Waals surface area (Å²) in [5, 5.41) is 2.88. The van der Waals surface area contributed by atoms with Crippen LogP contribution in [0.25, 0.3) is 0 Å². The molecule has 2 aliphatic heterocycles. The molecule has 2 saturated heterocycles. The smallest absolute Gasteiger partial charge is 0.325 e. The molecule has 0 radical (unpaired) electrons. The van der Waals surface area contributed by atoms with Gasteiger partial charge in [-0.1, -0.05) is 43.2 Å². The lowest BCUT2D eigenvalue weighted by Crippen LogP contribution is -2.50. The SMILES string of the molecule is CN1CCN(C(=O)CCN2C(=O)NC3(CCCC3)C2=O)C(c2ccccc2)C1. The molecular formula is C21H28N4O3. The molecule has 3 aliphatic rings. The fraction of sp³-hybridized carbons (Fsp3) is 0.571. The zero-order chi connectivity index (χ0) is 19.7. The quantitative estimate of drug-likeness (QED) is 0.803. The molecule has 150 valence electrons. The number of rotatable bonds is 4. The summed E-state index contributed by atoms with van der Waals surface area (Å²) >= 11 is 0. The van der Waals surface area contributed by atoms with Crippen LogP contribution < -0.4 is 5.32 Å². The van der Waals surface area contributed by atoms with Crippen LogP contribution in [-0.4, -0.2) is 71.3 Å². The van der Waals surface area contributed by atoms with E-state index in [-0.39, 0.29) is 36.9 Å². The molecule has 7 heteroatoms. The van der Waals surface area contributed by atoms with Gasteiger partial charge in [-0.15, -0.1) is 0 Å². The van der Waals surface area contributed by atoms with Crippen LogP contribution in [0, 0.1) is 0 Å². The number of imide groups is 1. The number of nitrogens with zero attached hydrogens (tertiary/aromatic N) is 3. The van der Waals surface area contributed by atoms with Crippen LogP contribution in [0.1, 0.15) is 43.7 Å². The highest BCUT2D eigenvalue weighted by molar-refractivity contribution is 6.07. The molecule has 2 heterocycles. The summed E-state index contributed by atoms with van der Waals surface area (Å²) < 4.78 is 0.